The SMILES string of the molecule is CC(C)(C)OC(=O)Nc1ccc(N)c(NCCc2cccnc2)c1. The van der Waals surface area contributed by atoms with E-state index in [0.29, 0.717) is 17.9 Å². The van der Waals surface area contributed by atoms with E-state index in [0.717, 1.165) is 17.7 Å². The molecular weight excluding hydrogens is 304 g/mol. The highest BCUT2D eigenvalue weighted by Crippen LogP contribution is 2.23. The summed E-state index contributed by atoms with van der Waals surface area (Å²) in [6.45, 7) is 6.18. The van der Waals surface area contributed by atoms with Crippen molar-refractivity contribution in [3.05, 3.63) is 48.3 Å². The molecule has 6 nitrogen and oxygen atoms in total. The summed E-state index contributed by atoms with van der Waals surface area (Å²) in [6.07, 6.45) is 3.93. The van der Waals surface area contributed by atoms with Gasteiger partial charge in [-0.3, -0.25) is 10.3 Å². The summed E-state index contributed by atoms with van der Waals surface area (Å²) < 4.78 is 5.24. The first-order valence-electron chi connectivity index (χ1n) is 7.86. The number of nitrogens with two attached hydrogens (primary N) is 1. The lowest BCUT2D eigenvalue weighted by Gasteiger charge is -2.20. The minimum absolute atomic E-state index is 0.492. The fourth-order valence-corrected chi connectivity index (χ4v) is 2.10. The van der Waals surface area contributed by atoms with Crippen LogP contribution in [0.25, 0.3) is 0 Å². The van der Waals surface area contributed by atoms with Gasteiger partial charge in [0.1, 0.15) is 5.60 Å². The smallest absolute Gasteiger partial charge is 0.412 e. The normalized spacial score (nSPS) is 11.0. The molecule has 24 heavy (non-hydrogen) atoms. The molecule has 6 heteroatoms. The van der Waals surface area contributed by atoms with Gasteiger partial charge in [-0.1, -0.05) is 6.07 Å². The molecule has 2 rings (SSSR count). The summed E-state index contributed by atoms with van der Waals surface area (Å²) in [7, 11) is 0. The molecule has 1 heterocycles. The second-order valence-electron chi connectivity index (χ2n) is 6.47. The zero-order valence-corrected chi connectivity index (χ0v) is 14.3. The topological polar surface area (TPSA) is 89.3 Å². The Bertz CT molecular complexity index is 681. The zero-order valence-electron chi connectivity index (χ0n) is 14.3. The number of nitrogen functional groups attached to an aromatic ring is 1. The Balaban J connectivity index is 1.94. The number of rotatable bonds is 5. The van der Waals surface area contributed by atoms with Crippen LogP contribution in [0.3, 0.4) is 0 Å². The van der Waals surface area contributed by atoms with Crippen LogP contribution in [-0.4, -0.2) is 23.2 Å². The summed E-state index contributed by atoms with van der Waals surface area (Å²) in [5.74, 6) is 0. The third kappa shape index (κ3) is 5.79. The zero-order chi connectivity index (χ0) is 17.6. The number of amides is 1. The summed E-state index contributed by atoms with van der Waals surface area (Å²) >= 11 is 0. The maximum Gasteiger partial charge on any atom is 0.412 e. The van der Waals surface area contributed by atoms with Crippen LogP contribution in [0.15, 0.2) is 42.7 Å². The first-order chi connectivity index (χ1) is 11.3. The number of nitrogens with one attached hydrogen (secondary N) is 2. The van der Waals surface area contributed by atoms with Crippen molar-refractivity contribution < 1.29 is 9.53 Å². The number of hydrogen-bond donors (Lipinski definition) is 3. The minimum atomic E-state index is -0.539. The van der Waals surface area contributed by atoms with Gasteiger partial charge in [0.2, 0.25) is 0 Å². The van der Waals surface area contributed by atoms with E-state index in [1.54, 1.807) is 24.4 Å². The van der Waals surface area contributed by atoms with Gasteiger partial charge in [0.15, 0.2) is 0 Å². The van der Waals surface area contributed by atoms with Crippen molar-refractivity contribution in [2.75, 3.05) is 22.9 Å². The quantitative estimate of drug-likeness (QED) is 0.729. The van der Waals surface area contributed by atoms with Crippen LogP contribution in [0.5, 0.6) is 0 Å². The predicted molar refractivity (Wildman–Crippen MR) is 97.1 cm³/mol. The van der Waals surface area contributed by atoms with Crippen molar-refractivity contribution in [3.63, 3.8) is 0 Å². The lowest BCUT2D eigenvalue weighted by atomic mass is 10.2. The number of anilines is 3. The fraction of sp³-hybridized carbons (Fsp3) is 0.333. The Morgan fingerprint density at radius 1 is 1.29 bits per heavy atom. The molecule has 1 aromatic heterocycles. The molecule has 2 aromatic rings. The highest BCUT2D eigenvalue weighted by atomic mass is 16.6. The molecule has 1 amide bonds. The van der Waals surface area contributed by atoms with Gasteiger partial charge in [0, 0.05) is 24.6 Å². The van der Waals surface area contributed by atoms with Crippen molar-refractivity contribution in [1.29, 1.82) is 0 Å². The number of benzene rings is 1. The largest absolute Gasteiger partial charge is 0.444 e. The molecule has 0 saturated carbocycles. The molecule has 0 fully saturated rings. The van der Waals surface area contributed by atoms with Gasteiger partial charge in [0.25, 0.3) is 0 Å². The average Bonchev–Trinajstić information content (AvgIpc) is 2.49. The van der Waals surface area contributed by atoms with Gasteiger partial charge < -0.3 is 15.8 Å². The highest BCUT2D eigenvalue weighted by Gasteiger charge is 2.16. The lowest BCUT2D eigenvalue weighted by molar-refractivity contribution is 0.0636. The number of ether oxygens (including phenoxy) is 1. The van der Waals surface area contributed by atoms with Crippen LogP contribution in [0.1, 0.15) is 26.3 Å². The molecule has 0 aliphatic carbocycles. The molecule has 0 radical (unpaired) electrons. The standard InChI is InChI=1S/C18H24N4O2/c1-18(2,3)24-17(23)22-14-6-7-15(19)16(11-14)21-10-8-13-5-4-9-20-12-13/h4-7,9,11-12,21H,8,10,19H2,1-3H3,(H,22,23). The Hall–Kier alpha value is -2.76. The Morgan fingerprint density at radius 2 is 2.08 bits per heavy atom. The van der Waals surface area contributed by atoms with Crippen molar-refractivity contribution in [2.45, 2.75) is 32.8 Å². The van der Waals surface area contributed by atoms with E-state index in [2.05, 4.69) is 15.6 Å². The van der Waals surface area contributed by atoms with Crippen LogP contribution in [-0.2, 0) is 11.2 Å². The van der Waals surface area contributed by atoms with Gasteiger partial charge in [-0.05, 0) is 57.0 Å². The molecule has 0 atom stereocenters. The number of hydrogen-bond acceptors (Lipinski definition) is 5. The van der Waals surface area contributed by atoms with Crippen LogP contribution in [0, 0.1) is 0 Å². The Kier molecular flexibility index (Phi) is 5.63. The Morgan fingerprint density at radius 3 is 2.75 bits per heavy atom. The number of aromatic nitrogens is 1. The fourth-order valence-electron chi connectivity index (χ4n) is 2.10. The Labute approximate surface area is 142 Å². The second kappa shape index (κ2) is 7.68. The first-order valence-corrected chi connectivity index (χ1v) is 7.86. The molecule has 128 valence electrons. The molecule has 0 spiro atoms. The second-order valence-corrected chi connectivity index (χ2v) is 6.47. The van der Waals surface area contributed by atoms with E-state index < -0.39 is 11.7 Å². The van der Waals surface area contributed by atoms with E-state index in [-0.39, 0.29) is 0 Å². The summed E-state index contributed by atoms with van der Waals surface area (Å²) in [4.78, 5) is 15.9. The number of carbonyl (C=O) groups is 1. The van der Waals surface area contributed by atoms with E-state index in [1.807, 2.05) is 39.1 Å². The third-order valence-corrected chi connectivity index (χ3v) is 3.15. The van der Waals surface area contributed by atoms with E-state index in [9.17, 15) is 4.79 Å². The minimum Gasteiger partial charge on any atom is -0.444 e. The van der Waals surface area contributed by atoms with Crippen LogP contribution in [0.4, 0.5) is 21.9 Å². The summed E-state index contributed by atoms with van der Waals surface area (Å²) in [6, 6.07) is 9.22. The number of pyridine rings is 1. The van der Waals surface area contributed by atoms with Gasteiger partial charge >= 0.3 is 6.09 Å². The van der Waals surface area contributed by atoms with Gasteiger partial charge in [-0.15, -0.1) is 0 Å². The van der Waals surface area contributed by atoms with Crippen LogP contribution in [0.2, 0.25) is 0 Å². The average molecular weight is 328 g/mol. The van der Waals surface area contributed by atoms with Crippen molar-refractivity contribution in [3.8, 4) is 0 Å². The predicted octanol–water partition coefficient (Wildman–Crippen LogP) is 3.67. The monoisotopic (exact) mass is 328 g/mol. The molecule has 4 N–H and O–H groups in total. The first kappa shape index (κ1) is 17.6. The van der Waals surface area contributed by atoms with E-state index >= 15 is 0 Å². The molecular formula is C18H24N4O2. The van der Waals surface area contributed by atoms with E-state index in [4.69, 9.17) is 10.5 Å². The number of nitrogens with zero attached hydrogens (tertiary/aromatic N) is 1. The molecule has 0 unspecified atom stereocenters. The van der Waals surface area contributed by atoms with Crippen molar-refractivity contribution in [2.24, 2.45) is 0 Å². The third-order valence-electron chi connectivity index (χ3n) is 3.15. The molecule has 0 aliphatic heterocycles. The van der Waals surface area contributed by atoms with E-state index in [1.165, 1.54) is 0 Å². The maximum atomic E-state index is 11.8. The molecule has 0 bridgehead atoms. The van der Waals surface area contributed by atoms with Gasteiger partial charge in [-0.25, -0.2) is 4.79 Å². The molecule has 0 saturated heterocycles. The van der Waals surface area contributed by atoms with Crippen LogP contribution >= 0.6 is 0 Å². The van der Waals surface area contributed by atoms with Gasteiger partial charge in [-0.2, -0.15) is 0 Å². The van der Waals surface area contributed by atoms with Crippen molar-refractivity contribution in [1.82, 2.24) is 4.98 Å². The lowest BCUT2D eigenvalue weighted by Crippen LogP contribution is -2.27. The summed E-state index contributed by atoms with van der Waals surface area (Å²) in [5, 5.41) is 5.99. The number of carbonyl (C=O) groups excluding carboxylic acids is 1. The summed E-state index contributed by atoms with van der Waals surface area (Å²) in [5.41, 5.74) is 8.61. The van der Waals surface area contributed by atoms with Crippen molar-refractivity contribution >= 4 is 23.2 Å². The molecule has 1 aromatic carbocycles. The molecule has 0 aliphatic rings. The maximum absolute atomic E-state index is 11.8. The highest BCUT2D eigenvalue weighted by molar-refractivity contribution is 5.87. The van der Waals surface area contributed by atoms with Crippen LogP contribution < -0.4 is 16.4 Å². The van der Waals surface area contributed by atoms with Gasteiger partial charge in [0.05, 0.1) is 11.4 Å².